The van der Waals surface area contributed by atoms with E-state index in [1.807, 2.05) is 0 Å². The molecular formula is C4H11O4P. The smallest absolute Gasteiger partial charge is 0.316 e. The fraction of sp³-hybridized carbons (Fsp3) is 1.00. The molecule has 4 nitrogen and oxygen atoms in total. The predicted octanol–water partition coefficient (Wildman–Crippen LogP) is 0.0134. The molecule has 0 radical (unpaired) electrons. The molecule has 0 spiro atoms. The molecule has 0 saturated heterocycles. The van der Waals surface area contributed by atoms with Gasteiger partial charge in [0.1, 0.15) is 0 Å². The molecule has 0 aliphatic rings. The first-order chi connectivity index (χ1) is 4.16. The van der Waals surface area contributed by atoms with E-state index in [0.717, 1.165) is 0 Å². The maximum atomic E-state index is 9.90. The minimum absolute atomic E-state index is 0.0187. The van der Waals surface area contributed by atoms with Crippen LogP contribution >= 0.6 is 8.25 Å². The quantitative estimate of drug-likeness (QED) is 0.560. The minimum atomic E-state index is -2.80. The number of hydrogen-bond donors (Lipinski definition) is 2. The maximum Gasteiger partial charge on any atom is 0.316 e. The third-order valence-electron chi connectivity index (χ3n) is 0.803. The number of aliphatic hydroxyl groups excluding tert-OH is 1. The monoisotopic (exact) mass is 154 g/mol. The highest BCUT2D eigenvalue weighted by Crippen LogP contribution is 2.15. The van der Waals surface area contributed by atoms with Crippen LogP contribution in [0.15, 0.2) is 0 Å². The molecule has 0 bridgehead atoms. The Morgan fingerprint density at radius 1 is 1.78 bits per heavy atom. The summed E-state index contributed by atoms with van der Waals surface area (Å²) in [5.74, 6) is -0.0638. The van der Waals surface area contributed by atoms with Crippen LogP contribution in [0.5, 0.6) is 0 Å². The SMILES string of the molecule is CC(CO)CO[PH](=O)O. The van der Waals surface area contributed by atoms with Gasteiger partial charge in [-0.3, -0.25) is 4.57 Å². The van der Waals surface area contributed by atoms with E-state index in [1.165, 1.54) is 0 Å². The summed E-state index contributed by atoms with van der Waals surface area (Å²) in [6.07, 6.45) is 0. The van der Waals surface area contributed by atoms with Crippen molar-refractivity contribution in [1.29, 1.82) is 0 Å². The van der Waals surface area contributed by atoms with Crippen molar-refractivity contribution >= 4 is 8.25 Å². The van der Waals surface area contributed by atoms with Crippen LogP contribution in [-0.4, -0.2) is 23.2 Å². The summed E-state index contributed by atoms with van der Waals surface area (Å²) in [5.41, 5.74) is 0. The molecule has 0 aromatic heterocycles. The molecule has 0 amide bonds. The van der Waals surface area contributed by atoms with Gasteiger partial charge >= 0.3 is 8.25 Å². The third-order valence-corrected chi connectivity index (χ3v) is 1.22. The second-order valence-electron chi connectivity index (χ2n) is 1.86. The van der Waals surface area contributed by atoms with Gasteiger partial charge in [0.2, 0.25) is 0 Å². The Bertz CT molecular complexity index is 94.6. The lowest BCUT2D eigenvalue weighted by Gasteiger charge is -2.04. The van der Waals surface area contributed by atoms with E-state index in [0.29, 0.717) is 0 Å². The molecule has 0 rings (SSSR count). The van der Waals surface area contributed by atoms with Gasteiger partial charge in [-0.25, -0.2) is 0 Å². The van der Waals surface area contributed by atoms with E-state index in [2.05, 4.69) is 4.52 Å². The highest BCUT2D eigenvalue weighted by Gasteiger charge is 2.00. The number of hydrogen-bond acceptors (Lipinski definition) is 3. The summed E-state index contributed by atoms with van der Waals surface area (Å²) >= 11 is 0. The zero-order valence-electron chi connectivity index (χ0n) is 5.20. The molecule has 56 valence electrons. The van der Waals surface area contributed by atoms with Gasteiger partial charge in [0.15, 0.2) is 0 Å². The molecular weight excluding hydrogens is 143 g/mol. The fourth-order valence-electron chi connectivity index (χ4n) is 0.266. The predicted molar refractivity (Wildman–Crippen MR) is 33.4 cm³/mol. The van der Waals surface area contributed by atoms with Crippen molar-refractivity contribution in [3.8, 4) is 0 Å². The molecule has 9 heavy (non-hydrogen) atoms. The van der Waals surface area contributed by atoms with Crippen LogP contribution in [-0.2, 0) is 9.09 Å². The molecule has 5 heteroatoms. The van der Waals surface area contributed by atoms with Crippen molar-refractivity contribution in [2.75, 3.05) is 13.2 Å². The van der Waals surface area contributed by atoms with E-state index in [-0.39, 0.29) is 19.1 Å². The number of rotatable bonds is 4. The molecule has 0 saturated carbocycles. The van der Waals surface area contributed by atoms with Crippen molar-refractivity contribution in [3.05, 3.63) is 0 Å². The van der Waals surface area contributed by atoms with Crippen LogP contribution in [0.3, 0.4) is 0 Å². The van der Waals surface area contributed by atoms with Crippen LogP contribution < -0.4 is 0 Å². The van der Waals surface area contributed by atoms with E-state index in [9.17, 15) is 4.57 Å². The van der Waals surface area contributed by atoms with Crippen LogP contribution in [0.25, 0.3) is 0 Å². The van der Waals surface area contributed by atoms with Gasteiger partial charge in [-0.1, -0.05) is 6.92 Å². The summed E-state index contributed by atoms with van der Waals surface area (Å²) in [4.78, 5) is 8.14. The normalized spacial score (nSPS) is 17.2. The highest BCUT2D eigenvalue weighted by molar-refractivity contribution is 7.32. The van der Waals surface area contributed by atoms with Gasteiger partial charge in [-0.2, -0.15) is 0 Å². The Morgan fingerprint density at radius 2 is 2.33 bits per heavy atom. The average Bonchev–Trinajstić information content (AvgIpc) is 1.83. The second kappa shape index (κ2) is 4.94. The lowest BCUT2D eigenvalue weighted by atomic mass is 10.2. The van der Waals surface area contributed by atoms with Crippen molar-refractivity contribution in [2.24, 2.45) is 5.92 Å². The Morgan fingerprint density at radius 3 is 2.67 bits per heavy atom. The molecule has 0 heterocycles. The third kappa shape index (κ3) is 5.99. The molecule has 0 aliphatic heterocycles. The van der Waals surface area contributed by atoms with E-state index in [1.54, 1.807) is 6.92 Å². The van der Waals surface area contributed by atoms with Crippen molar-refractivity contribution in [1.82, 2.24) is 0 Å². The Balaban J connectivity index is 3.16. The second-order valence-corrected chi connectivity index (χ2v) is 2.69. The summed E-state index contributed by atoms with van der Waals surface area (Å²) in [6.45, 7) is 1.85. The van der Waals surface area contributed by atoms with Crippen LogP contribution in [0, 0.1) is 5.92 Å². The topological polar surface area (TPSA) is 66.8 Å². The van der Waals surface area contributed by atoms with Gasteiger partial charge < -0.3 is 14.5 Å². The van der Waals surface area contributed by atoms with Crippen LogP contribution in [0.4, 0.5) is 0 Å². The zero-order chi connectivity index (χ0) is 7.28. The molecule has 0 aliphatic carbocycles. The first-order valence-electron chi connectivity index (χ1n) is 2.63. The summed E-state index contributed by atoms with van der Waals surface area (Å²) in [5, 5.41) is 8.40. The summed E-state index contributed by atoms with van der Waals surface area (Å²) in [7, 11) is -2.80. The summed E-state index contributed by atoms with van der Waals surface area (Å²) < 4.78 is 14.2. The maximum absolute atomic E-state index is 9.90. The summed E-state index contributed by atoms with van der Waals surface area (Å²) in [6, 6.07) is 0. The van der Waals surface area contributed by atoms with E-state index >= 15 is 0 Å². The molecule has 0 aromatic carbocycles. The van der Waals surface area contributed by atoms with Crippen LogP contribution in [0.1, 0.15) is 6.92 Å². The lowest BCUT2D eigenvalue weighted by molar-refractivity contribution is 0.169. The first kappa shape index (κ1) is 9.11. The van der Waals surface area contributed by atoms with Crippen molar-refractivity contribution < 1.29 is 19.1 Å². The van der Waals surface area contributed by atoms with Gasteiger partial charge in [0.05, 0.1) is 6.61 Å². The standard InChI is InChI=1S/C4H11O4P/c1-4(2-5)3-8-9(6)7/h4-5,9H,2-3H2,1H3,(H,6,7). The molecule has 0 aromatic rings. The first-order valence-corrected chi connectivity index (χ1v) is 3.89. The van der Waals surface area contributed by atoms with Crippen LogP contribution in [0.2, 0.25) is 0 Å². The van der Waals surface area contributed by atoms with E-state index in [4.69, 9.17) is 10.00 Å². The van der Waals surface area contributed by atoms with Gasteiger partial charge in [-0.15, -0.1) is 0 Å². The van der Waals surface area contributed by atoms with Crippen molar-refractivity contribution in [2.45, 2.75) is 6.92 Å². The Kier molecular flexibility index (Phi) is 5.00. The molecule has 0 fully saturated rings. The average molecular weight is 154 g/mol. The molecule has 2 unspecified atom stereocenters. The van der Waals surface area contributed by atoms with Gasteiger partial charge in [0.25, 0.3) is 0 Å². The van der Waals surface area contributed by atoms with E-state index < -0.39 is 8.25 Å². The molecule has 2 atom stereocenters. The fourth-order valence-corrected chi connectivity index (χ4v) is 0.693. The minimum Gasteiger partial charge on any atom is -0.396 e. The largest absolute Gasteiger partial charge is 0.396 e. The zero-order valence-corrected chi connectivity index (χ0v) is 6.20. The Labute approximate surface area is 54.4 Å². The number of aliphatic hydroxyl groups is 1. The lowest BCUT2D eigenvalue weighted by Crippen LogP contribution is -2.06. The molecule has 2 N–H and O–H groups in total. The van der Waals surface area contributed by atoms with Gasteiger partial charge in [0, 0.05) is 12.5 Å². The van der Waals surface area contributed by atoms with Gasteiger partial charge in [-0.05, 0) is 0 Å². The highest BCUT2D eigenvalue weighted by atomic mass is 31.1. The Hall–Kier alpha value is 0.110. The van der Waals surface area contributed by atoms with Crippen molar-refractivity contribution in [3.63, 3.8) is 0 Å².